The monoisotopic (exact) mass is 252 g/mol. The largest absolute Gasteiger partial charge is 0.399 e. The molecular formula is C10H12N4O2S. The van der Waals surface area contributed by atoms with Crippen LogP contribution >= 0.6 is 0 Å². The summed E-state index contributed by atoms with van der Waals surface area (Å²) in [5.41, 5.74) is 7.09. The number of sulfonamides is 1. The quantitative estimate of drug-likeness (QED) is 0.751. The van der Waals surface area contributed by atoms with Crippen molar-refractivity contribution in [2.24, 2.45) is 12.2 Å². The number of nitrogens with zero attached hydrogens (tertiary/aromatic N) is 2. The first-order valence-electron chi connectivity index (χ1n) is 4.79. The molecule has 0 fully saturated rings. The highest BCUT2D eigenvalue weighted by Gasteiger charge is 2.16. The van der Waals surface area contributed by atoms with Gasteiger partial charge in [0.15, 0.2) is 0 Å². The molecule has 1 aromatic carbocycles. The number of benzene rings is 1. The Morgan fingerprint density at radius 1 is 1.35 bits per heavy atom. The van der Waals surface area contributed by atoms with Crippen LogP contribution in [-0.4, -0.2) is 18.2 Å². The van der Waals surface area contributed by atoms with Crippen LogP contribution in [0.15, 0.2) is 35.5 Å². The highest BCUT2D eigenvalue weighted by molar-refractivity contribution is 7.89. The molecule has 0 saturated heterocycles. The van der Waals surface area contributed by atoms with Crippen LogP contribution in [0.1, 0.15) is 0 Å². The van der Waals surface area contributed by atoms with Crippen LogP contribution in [-0.2, 0) is 17.1 Å². The van der Waals surface area contributed by atoms with Gasteiger partial charge in [0.1, 0.15) is 0 Å². The number of hydrogen-bond acceptors (Lipinski definition) is 4. The fraction of sp³-hybridized carbons (Fsp3) is 0.100. The van der Waals surface area contributed by atoms with E-state index in [1.807, 2.05) is 0 Å². The normalized spacial score (nSPS) is 11.6. The summed E-state index contributed by atoms with van der Waals surface area (Å²) in [7, 11) is -2.06. The van der Waals surface area contributed by atoms with Crippen molar-refractivity contribution in [1.82, 2.24) is 9.78 Å². The van der Waals surface area contributed by atoms with Gasteiger partial charge >= 0.3 is 0 Å². The van der Waals surface area contributed by atoms with Crippen molar-refractivity contribution in [2.45, 2.75) is 4.90 Å². The van der Waals surface area contributed by atoms with Crippen LogP contribution in [0.25, 0.3) is 11.1 Å². The standard InChI is InChI=1S/C10H12N4O2S/c1-14-6-7(5-13-14)9-3-2-8(11)4-10(9)17(12,15)16/h2-6H,11H2,1H3,(H2,12,15,16). The molecule has 7 heteroatoms. The highest BCUT2D eigenvalue weighted by atomic mass is 32.2. The summed E-state index contributed by atoms with van der Waals surface area (Å²) in [5, 5.41) is 9.15. The fourth-order valence-corrected chi connectivity index (χ4v) is 2.37. The lowest BCUT2D eigenvalue weighted by molar-refractivity contribution is 0.598. The zero-order chi connectivity index (χ0) is 12.6. The number of hydrogen-bond donors (Lipinski definition) is 2. The van der Waals surface area contributed by atoms with Crippen molar-refractivity contribution in [3.8, 4) is 11.1 Å². The van der Waals surface area contributed by atoms with E-state index >= 15 is 0 Å². The lowest BCUT2D eigenvalue weighted by Crippen LogP contribution is -2.13. The van der Waals surface area contributed by atoms with Crippen molar-refractivity contribution in [3.05, 3.63) is 30.6 Å². The van der Waals surface area contributed by atoms with Crippen molar-refractivity contribution in [2.75, 3.05) is 5.73 Å². The van der Waals surface area contributed by atoms with E-state index in [0.29, 0.717) is 16.8 Å². The molecule has 0 spiro atoms. The maximum atomic E-state index is 11.5. The molecule has 90 valence electrons. The Kier molecular flexibility index (Phi) is 2.64. The van der Waals surface area contributed by atoms with Crippen LogP contribution in [0.5, 0.6) is 0 Å². The molecule has 0 bridgehead atoms. The van der Waals surface area contributed by atoms with Crippen LogP contribution in [0, 0.1) is 0 Å². The first-order valence-corrected chi connectivity index (χ1v) is 6.34. The van der Waals surface area contributed by atoms with E-state index in [-0.39, 0.29) is 4.90 Å². The summed E-state index contributed by atoms with van der Waals surface area (Å²) >= 11 is 0. The molecule has 4 N–H and O–H groups in total. The number of nitrogen functional groups attached to an aromatic ring is 1. The minimum absolute atomic E-state index is 0.00509. The average molecular weight is 252 g/mol. The number of aromatic nitrogens is 2. The Balaban J connectivity index is 2.70. The molecule has 0 aliphatic heterocycles. The zero-order valence-electron chi connectivity index (χ0n) is 9.16. The Labute approximate surface area is 98.9 Å². The molecule has 0 atom stereocenters. The molecule has 0 aliphatic rings. The Morgan fingerprint density at radius 3 is 2.59 bits per heavy atom. The third-order valence-corrected chi connectivity index (χ3v) is 3.28. The summed E-state index contributed by atoms with van der Waals surface area (Å²) in [6.07, 6.45) is 3.28. The number of anilines is 1. The van der Waals surface area contributed by atoms with E-state index in [2.05, 4.69) is 5.10 Å². The van der Waals surface area contributed by atoms with Gasteiger partial charge in [0.05, 0.1) is 11.1 Å². The fourth-order valence-electron chi connectivity index (χ4n) is 1.57. The van der Waals surface area contributed by atoms with Gasteiger partial charge in [-0.25, -0.2) is 13.6 Å². The Morgan fingerprint density at radius 2 is 2.06 bits per heavy atom. The Bertz CT molecular complexity index is 661. The maximum absolute atomic E-state index is 11.5. The van der Waals surface area contributed by atoms with Crippen LogP contribution in [0.4, 0.5) is 5.69 Å². The van der Waals surface area contributed by atoms with E-state index in [9.17, 15) is 8.42 Å². The average Bonchev–Trinajstić information content (AvgIpc) is 2.63. The number of rotatable bonds is 2. The van der Waals surface area contributed by atoms with Gasteiger partial charge < -0.3 is 5.73 Å². The van der Waals surface area contributed by atoms with Gasteiger partial charge in [-0.15, -0.1) is 0 Å². The minimum Gasteiger partial charge on any atom is -0.399 e. The zero-order valence-corrected chi connectivity index (χ0v) is 9.98. The lowest BCUT2D eigenvalue weighted by Gasteiger charge is -2.06. The topological polar surface area (TPSA) is 104 Å². The third kappa shape index (κ3) is 2.29. The second-order valence-electron chi connectivity index (χ2n) is 3.70. The molecule has 0 amide bonds. The van der Waals surface area contributed by atoms with E-state index < -0.39 is 10.0 Å². The summed E-state index contributed by atoms with van der Waals surface area (Å²) in [6, 6.07) is 4.58. The summed E-state index contributed by atoms with van der Waals surface area (Å²) in [4.78, 5) is 0.00509. The first kappa shape index (κ1) is 11.6. The van der Waals surface area contributed by atoms with Gasteiger partial charge in [-0.05, 0) is 12.1 Å². The number of aryl methyl sites for hydroxylation is 1. The minimum atomic E-state index is -3.81. The molecule has 17 heavy (non-hydrogen) atoms. The van der Waals surface area contributed by atoms with Crippen LogP contribution < -0.4 is 10.9 Å². The summed E-state index contributed by atoms with van der Waals surface area (Å²) in [5.74, 6) is 0. The third-order valence-electron chi connectivity index (χ3n) is 2.33. The summed E-state index contributed by atoms with van der Waals surface area (Å²) in [6.45, 7) is 0. The van der Waals surface area contributed by atoms with Crippen molar-refractivity contribution >= 4 is 15.7 Å². The molecule has 0 aliphatic carbocycles. The van der Waals surface area contributed by atoms with Crippen molar-refractivity contribution < 1.29 is 8.42 Å². The molecule has 2 aromatic rings. The van der Waals surface area contributed by atoms with E-state index in [0.717, 1.165) is 0 Å². The van der Waals surface area contributed by atoms with Gasteiger partial charge in [-0.1, -0.05) is 6.07 Å². The van der Waals surface area contributed by atoms with Crippen LogP contribution in [0.2, 0.25) is 0 Å². The van der Waals surface area contributed by atoms with E-state index in [4.69, 9.17) is 10.9 Å². The van der Waals surface area contributed by atoms with Gasteiger partial charge in [0.25, 0.3) is 0 Å². The van der Waals surface area contributed by atoms with Gasteiger partial charge in [0.2, 0.25) is 10.0 Å². The van der Waals surface area contributed by atoms with Gasteiger partial charge in [-0.2, -0.15) is 5.10 Å². The maximum Gasteiger partial charge on any atom is 0.238 e. The molecule has 2 rings (SSSR count). The molecule has 1 heterocycles. The second kappa shape index (κ2) is 3.86. The van der Waals surface area contributed by atoms with Crippen LogP contribution in [0.3, 0.4) is 0 Å². The first-order chi connectivity index (χ1) is 7.88. The molecular weight excluding hydrogens is 240 g/mol. The second-order valence-corrected chi connectivity index (χ2v) is 5.23. The summed E-state index contributed by atoms with van der Waals surface area (Å²) < 4.78 is 24.5. The lowest BCUT2D eigenvalue weighted by atomic mass is 10.1. The molecule has 6 nitrogen and oxygen atoms in total. The predicted octanol–water partition coefficient (Wildman–Crippen LogP) is 0.317. The number of primary sulfonamides is 1. The highest BCUT2D eigenvalue weighted by Crippen LogP contribution is 2.27. The predicted molar refractivity (Wildman–Crippen MR) is 64.4 cm³/mol. The van der Waals surface area contributed by atoms with Gasteiger partial charge in [-0.3, -0.25) is 4.68 Å². The molecule has 0 unspecified atom stereocenters. The van der Waals surface area contributed by atoms with Crippen molar-refractivity contribution in [1.29, 1.82) is 0 Å². The molecule has 0 radical (unpaired) electrons. The smallest absolute Gasteiger partial charge is 0.238 e. The Hall–Kier alpha value is -1.86. The number of nitrogens with two attached hydrogens (primary N) is 2. The SMILES string of the molecule is Cn1cc(-c2ccc(N)cc2S(N)(=O)=O)cn1. The van der Waals surface area contributed by atoms with Gasteiger partial charge in [0, 0.05) is 30.1 Å². The molecule has 0 saturated carbocycles. The van der Waals surface area contributed by atoms with E-state index in [1.165, 1.54) is 6.07 Å². The van der Waals surface area contributed by atoms with E-state index in [1.54, 1.807) is 36.3 Å². The van der Waals surface area contributed by atoms with Crippen molar-refractivity contribution in [3.63, 3.8) is 0 Å². The molecule has 1 aromatic heterocycles.